The van der Waals surface area contributed by atoms with E-state index >= 15 is 0 Å². The Morgan fingerprint density at radius 1 is 1.38 bits per heavy atom. The van der Waals surface area contributed by atoms with E-state index in [9.17, 15) is 14.4 Å². The Balaban J connectivity index is 1.56. The van der Waals surface area contributed by atoms with Crippen molar-refractivity contribution >= 4 is 17.8 Å². The molecule has 8 heteroatoms. The summed E-state index contributed by atoms with van der Waals surface area (Å²) in [5, 5.41) is 3.61. The van der Waals surface area contributed by atoms with Crippen molar-refractivity contribution in [3.8, 4) is 0 Å². The van der Waals surface area contributed by atoms with Gasteiger partial charge in [0.1, 0.15) is 12.1 Å². The van der Waals surface area contributed by atoms with E-state index in [2.05, 4.69) is 10.7 Å². The molecule has 1 saturated heterocycles. The summed E-state index contributed by atoms with van der Waals surface area (Å²) < 4.78 is 5.25. The standard InChI is InChI=1S/C16H22N4O4/c1-19(10-12-6-5-9-24-12)11-13(21)18-20-14(22)16(17-15(20)23)7-3-2-4-8-16/h5-6,9H,2-4,7-8,10-11H2,1H3,(H,17,23)(H,18,21)/p+1. The zero-order valence-electron chi connectivity index (χ0n) is 13.8. The van der Waals surface area contributed by atoms with Gasteiger partial charge < -0.3 is 14.6 Å². The second-order valence-corrected chi connectivity index (χ2v) is 6.64. The minimum atomic E-state index is -0.824. The van der Waals surface area contributed by atoms with Gasteiger partial charge in [0.15, 0.2) is 12.3 Å². The highest BCUT2D eigenvalue weighted by Gasteiger charge is 2.52. The number of carbonyl (C=O) groups excluding carboxylic acids is 3. The molecule has 1 aliphatic heterocycles. The molecule has 130 valence electrons. The van der Waals surface area contributed by atoms with Crippen molar-refractivity contribution in [3.63, 3.8) is 0 Å². The van der Waals surface area contributed by atoms with Gasteiger partial charge in [0.2, 0.25) is 0 Å². The molecule has 1 aromatic rings. The van der Waals surface area contributed by atoms with Crippen molar-refractivity contribution in [3.05, 3.63) is 24.2 Å². The Bertz CT molecular complexity index is 622. The van der Waals surface area contributed by atoms with Crippen LogP contribution in [0.2, 0.25) is 0 Å². The lowest BCUT2D eigenvalue weighted by atomic mass is 9.82. The van der Waals surface area contributed by atoms with Gasteiger partial charge in [0.05, 0.1) is 13.3 Å². The van der Waals surface area contributed by atoms with Crippen LogP contribution in [-0.4, -0.2) is 42.0 Å². The maximum absolute atomic E-state index is 12.6. The van der Waals surface area contributed by atoms with Crippen molar-refractivity contribution in [1.29, 1.82) is 0 Å². The molecule has 1 spiro atoms. The predicted molar refractivity (Wildman–Crippen MR) is 83.5 cm³/mol. The molecule has 1 aromatic heterocycles. The number of quaternary nitrogens is 1. The van der Waals surface area contributed by atoms with Crippen LogP contribution in [0.1, 0.15) is 37.9 Å². The van der Waals surface area contributed by atoms with E-state index in [1.165, 1.54) is 0 Å². The lowest BCUT2D eigenvalue weighted by Gasteiger charge is -2.30. The summed E-state index contributed by atoms with van der Waals surface area (Å²) in [6.07, 6.45) is 5.73. The number of hydrogen-bond acceptors (Lipinski definition) is 4. The van der Waals surface area contributed by atoms with Crippen molar-refractivity contribution in [1.82, 2.24) is 15.8 Å². The molecule has 0 radical (unpaired) electrons. The monoisotopic (exact) mass is 335 g/mol. The van der Waals surface area contributed by atoms with Crippen molar-refractivity contribution in [2.75, 3.05) is 13.6 Å². The Morgan fingerprint density at radius 2 is 2.12 bits per heavy atom. The van der Waals surface area contributed by atoms with Crippen LogP contribution in [0.25, 0.3) is 0 Å². The van der Waals surface area contributed by atoms with E-state index in [1.807, 2.05) is 13.1 Å². The molecule has 0 bridgehead atoms. The van der Waals surface area contributed by atoms with Crippen LogP contribution in [0.5, 0.6) is 0 Å². The third-order valence-corrected chi connectivity index (χ3v) is 4.62. The molecule has 1 saturated carbocycles. The third kappa shape index (κ3) is 3.28. The lowest BCUT2D eigenvalue weighted by molar-refractivity contribution is -0.886. The fraction of sp³-hybridized carbons (Fsp3) is 0.562. The van der Waals surface area contributed by atoms with E-state index in [-0.39, 0.29) is 18.4 Å². The van der Waals surface area contributed by atoms with Crippen LogP contribution in [-0.2, 0) is 16.1 Å². The first-order chi connectivity index (χ1) is 11.5. The number of carbonyl (C=O) groups is 3. The summed E-state index contributed by atoms with van der Waals surface area (Å²) in [4.78, 5) is 37.7. The summed E-state index contributed by atoms with van der Waals surface area (Å²) >= 11 is 0. The molecule has 2 aliphatic rings. The molecule has 2 fully saturated rings. The number of imide groups is 1. The van der Waals surface area contributed by atoms with E-state index in [1.54, 1.807) is 12.3 Å². The molecule has 2 heterocycles. The Hall–Kier alpha value is -2.35. The molecule has 3 N–H and O–H groups in total. The average Bonchev–Trinajstić information content (AvgIpc) is 3.11. The van der Waals surface area contributed by atoms with Gasteiger partial charge >= 0.3 is 6.03 Å². The number of amides is 4. The number of nitrogens with one attached hydrogen (secondary N) is 3. The fourth-order valence-corrected chi connectivity index (χ4v) is 3.43. The van der Waals surface area contributed by atoms with Crippen molar-refractivity contribution < 1.29 is 23.7 Å². The number of nitrogens with zero attached hydrogens (tertiary/aromatic N) is 1. The molecular formula is C16H23N4O4+. The fourth-order valence-electron chi connectivity index (χ4n) is 3.43. The first-order valence-electron chi connectivity index (χ1n) is 8.30. The van der Waals surface area contributed by atoms with E-state index < -0.39 is 11.6 Å². The second kappa shape index (κ2) is 6.64. The third-order valence-electron chi connectivity index (χ3n) is 4.62. The quantitative estimate of drug-likeness (QED) is 0.637. The molecule has 1 unspecified atom stereocenters. The van der Waals surface area contributed by atoms with Gasteiger partial charge in [-0.15, -0.1) is 0 Å². The van der Waals surface area contributed by atoms with Gasteiger partial charge in [-0.1, -0.05) is 19.3 Å². The zero-order valence-corrected chi connectivity index (χ0v) is 13.8. The van der Waals surface area contributed by atoms with Gasteiger partial charge in [0.25, 0.3) is 11.8 Å². The summed E-state index contributed by atoms with van der Waals surface area (Å²) in [6, 6.07) is 3.09. The smallest absolute Gasteiger partial charge is 0.344 e. The van der Waals surface area contributed by atoms with Gasteiger partial charge in [-0.25, -0.2) is 4.79 Å². The molecule has 3 rings (SSSR count). The van der Waals surface area contributed by atoms with E-state index in [0.29, 0.717) is 19.4 Å². The highest BCUT2D eigenvalue weighted by atomic mass is 16.3. The summed E-state index contributed by atoms with van der Waals surface area (Å²) in [5.41, 5.74) is 1.62. The highest BCUT2D eigenvalue weighted by molar-refractivity contribution is 6.08. The first-order valence-corrected chi connectivity index (χ1v) is 8.30. The number of rotatable bonds is 5. The predicted octanol–water partition coefficient (Wildman–Crippen LogP) is -0.420. The zero-order chi connectivity index (χ0) is 17.2. The molecule has 8 nitrogen and oxygen atoms in total. The summed E-state index contributed by atoms with van der Waals surface area (Å²) in [6.45, 7) is 0.676. The highest BCUT2D eigenvalue weighted by Crippen LogP contribution is 2.32. The van der Waals surface area contributed by atoms with Crippen LogP contribution < -0.4 is 15.6 Å². The van der Waals surface area contributed by atoms with Crippen molar-refractivity contribution in [2.45, 2.75) is 44.2 Å². The Kier molecular flexibility index (Phi) is 4.57. The lowest BCUT2D eigenvalue weighted by Crippen LogP contribution is -3.09. The minimum absolute atomic E-state index is 0.130. The number of hydrazine groups is 1. The SMILES string of the molecule is C[NH+](CC(=O)NN1C(=O)NC2(CCCCC2)C1=O)Cc1ccco1. The maximum atomic E-state index is 12.6. The summed E-state index contributed by atoms with van der Waals surface area (Å²) in [7, 11) is 1.84. The van der Waals surface area contributed by atoms with Crippen LogP contribution in [0, 0.1) is 0 Å². The molecule has 0 aromatic carbocycles. The van der Waals surface area contributed by atoms with E-state index in [0.717, 1.165) is 34.9 Å². The molecule has 24 heavy (non-hydrogen) atoms. The van der Waals surface area contributed by atoms with Crippen LogP contribution in [0.3, 0.4) is 0 Å². The van der Waals surface area contributed by atoms with E-state index in [4.69, 9.17) is 4.42 Å². The number of hydrogen-bond donors (Lipinski definition) is 3. The normalized spacial score (nSPS) is 21.0. The van der Waals surface area contributed by atoms with Crippen LogP contribution in [0.15, 0.2) is 22.8 Å². The molecule has 4 amide bonds. The Morgan fingerprint density at radius 3 is 2.79 bits per heavy atom. The first kappa shape index (κ1) is 16.5. The molecular weight excluding hydrogens is 312 g/mol. The van der Waals surface area contributed by atoms with Gasteiger partial charge in [-0.2, -0.15) is 5.01 Å². The average molecular weight is 335 g/mol. The maximum Gasteiger partial charge on any atom is 0.344 e. The minimum Gasteiger partial charge on any atom is -0.463 e. The van der Waals surface area contributed by atoms with Crippen molar-refractivity contribution in [2.24, 2.45) is 0 Å². The Labute approximate surface area is 140 Å². The number of likely N-dealkylation sites (N-methyl/N-ethyl adjacent to an activating group) is 1. The number of furan rings is 1. The van der Waals surface area contributed by atoms with Crippen LogP contribution >= 0.6 is 0 Å². The largest absolute Gasteiger partial charge is 0.463 e. The second-order valence-electron chi connectivity index (χ2n) is 6.64. The molecule has 1 atom stereocenters. The van der Waals surface area contributed by atoms with Crippen LogP contribution in [0.4, 0.5) is 4.79 Å². The van der Waals surface area contributed by atoms with Gasteiger partial charge in [0, 0.05) is 0 Å². The molecule has 1 aliphatic carbocycles. The van der Waals surface area contributed by atoms with Gasteiger partial charge in [-0.3, -0.25) is 15.0 Å². The number of urea groups is 1. The summed E-state index contributed by atoms with van der Waals surface area (Å²) in [5.74, 6) is 0.0519. The topological polar surface area (TPSA) is 96.1 Å². The van der Waals surface area contributed by atoms with Gasteiger partial charge in [-0.05, 0) is 25.0 Å².